The van der Waals surface area contributed by atoms with Crippen LogP contribution in [-0.2, 0) is 13.1 Å². The van der Waals surface area contributed by atoms with Gasteiger partial charge in [0.2, 0.25) is 0 Å². The Morgan fingerprint density at radius 3 is 2.10 bits per heavy atom. The van der Waals surface area contributed by atoms with Gasteiger partial charge in [-0.3, -0.25) is 9.80 Å². The molecule has 1 aromatic heterocycles. The van der Waals surface area contributed by atoms with E-state index in [2.05, 4.69) is 45.1 Å². The SMILES string of the molecule is Nc1cc(CN2CCN(Cc3ccccc3)CC2)ccn1. The van der Waals surface area contributed by atoms with Crippen LogP contribution in [0.4, 0.5) is 5.82 Å². The molecule has 21 heavy (non-hydrogen) atoms. The van der Waals surface area contributed by atoms with Gasteiger partial charge in [0.05, 0.1) is 0 Å². The van der Waals surface area contributed by atoms with Gasteiger partial charge in [-0.05, 0) is 23.3 Å². The first-order chi connectivity index (χ1) is 10.3. The lowest BCUT2D eigenvalue weighted by atomic mass is 10.2. The number of rotatable bonds is 4. The minimum atomic E-state index is 0.607. The highest BCUT2D eigenvalue weighted by molar-refractivity contribution is 5.31. The van der Waals surface area contributed by atoms with Crippen molar-refractivity contribution in [3.63, 3.8) is 0 Å². The first-order valence-electron chi connectivity index (χ1n) is 7.48. The number of nitrogens with zero attached hydrogens (tertiary/aromatic N) is 3. The maximum Gasteiger partial charge on any atom is 0.123 e. The smallest absolute Gasteiger partial charge is 0.123 e. The third kappa shape index (κ3) is 4.03. The zero-order valence-electron chi connectivity index (χ0n) is 12.3. The second-order valence-corrected chi connectivity index (χ2v) is 5.63. The second kappa shape index (κ2) is 6.70. The lowest BCUT2D eigenvalue weighted by Gasteiger charge is -2.34. The quantitative estimate of drug-likeness (QED) is 0.931. The van der Waals surface area contributed by atoms with Gasteiger partial charge in [0.25, 0.3) is 0 Å². The molecule has 2 N–H and O–H groups in total. The summed E-state index contributed by atoms with van der Waals surface area (Å²) in [7, 11) is 0. The van der Waals surface area contributed by atoms with Gasteiger partial charge in [-0.25, -0.2) is 4.98 Å². The normalized spacial score (nSPS) is 17.0. The van der Waals surface area contributed by atoms with Crippen LogP contribution < -0.4 is 5.73 Å². The number of benzene rings is 1. The highest BCUT2D eigenvalue weighted by atomic mass is 15.3. The number of nitrogens with two attached hydrogens (primary N) is 1. The average molecular weight is 282 g/mol. The summed E-state index contributed by atoms with van der Waals surface area (Å²) in [5, 5.41) is 0. The molecule has 0 saturated carbocycles. The van der Waals surface area contributed by atoms with Crippen LogP contribution >= 0.6 is 0 Å². The van der Waals surface area contributed by atoms with Crippen LogP contribution in [0.2, 0.25) is 0 Å². The Morgan fingerprint density at radius 1 is 0.857 bits per heavy atom. The third-order valence-electron chi connectivity index (χ3n) is 3.97. The van der Waals surface area contributed by atoms with Crippen molar-refractivity contribution >= 4 is 5.82 Å². The highest BCUT2D eigenvalue weighted by Crippen LogP contribution is 2.12. The molecule has 0 aliphatic carbocycles. The van der Waals surface area contributed by atoms with Gasteiger partial charge in [0, 0.05) is 45.5 Å². The molecule has 4 heteroatoms. The molecule has 0 amide bonds. The van der Waals surface area contributed by atoms with E-state index in [1.807, 2.05) is 12.1 Å². The Kier molecular flexibility index (Phi) is 4.48. The van der Waals surface area contributed by atoms with Crippen molar-refractivity contribution in [2.24, 2.45) is 0 Å². The molecular formula is C17H22N4. The fourth-order valence-corrected chi connectivity index (χ4v) is 2.80. The Hall–Kier alpha value is -1.91. The Morgan fingerprint density at radius 2 is 1.48 bits per heavy atom. The molecule has 0 unspecified atom stereocenters. The van der Waals surface area contributed by atoms with Crippen molar-refractivity contribution < 1.29 is 0 Å². The summed E-state index contributed by atoms with van der Waals surface area (Å²) in [6.45, 7) is 6.47. The molecule has 2 aromatic rings. The van der Waals surface area contributed by atoms with E-state index in [4.69, 9.17) is 5.73 Å². The number of piperazine rings is 1. The summed E-state index contributed by atoms with van der Waals surface area (Å²) in [6, 6.07) is 14.7. The number of hydrogen-bond acceptors (Lipinski definition) is 4. The Labute approximate surface area is 126 Å². The van der Waals surface area contributed by atoms with Gasteiger partial charge < -0.3 is 5.73 Å². The van der Waals surface area contributed by atoms with Gasteiger partial charge in [0.1, 0.15) is 5.82 Å². The topological polar surface area (TPSA) is 45.4 Å². The van der Waals surface area contributed by atoms with Crippen molar-refractivity contribution in [3.05, 3.63) is 59.8 Å². The van der Waals surface area contributed by atoms with Gasteiger partial charge in [-0.2, -0.15) is 0 Å². The standard InChI is InChI=1S/C17H22N4/c18-17-12-16(6-7-19-17)14-21-10-8-20(9-11-21)13-15-4-2-1-3-5-15/h1-7,12H,8-11,13-14H2,(H2,18,19). The number of pyridine rings is 1. The molecule has 4 nitrogen and oxygen atoms in total. The first-order valence-corrected chi connectivity index (χ1v) is 7.48. The van der Waals surface area contributed by atoms with Gasteiger partial charge >= 0.3 is 0 Å². The van der Waals surface area contributed by atoms with Crippen molar-refractivity contribution in [1.82, 2.24) is 14.8 Å². The van der Waals surface area contributed by atoms with E-state index in [1.54, 1.807) is 6.20 Å². The third-order valence-corrected chi connectivity index (χ3v) is 3.97. The Balaban J connectivity index is 1.49. The monoisotopic (exact) mass is 282 g/mol. The molecule has 1 aromatic carbocycles. The molecule has 1 saturated heterocycles. The largest absolute Gasteiger partial charge is 0.384 e. The summed E-state index contributed by atoms with van der Waals surface area (Å²) in [5.41, 5.74) is 8.38. The molecular weight excluding hydrogens is 260 g/mol. The molecule has 1 aliphatic rings. The minimum Gasteiger partial charge on any atom is -0.384 e. The molecule has 0 radical (unpaired) electrons. The molecule has 1 aliphatic heterocycles. The number of nitrogen functional groups attached to an aromatic ring is 1. The first kappa shape index (κ1) is 14.0. The predicted octanol–water partition coefficient (Wildman–Crippen LogP) is 1.98. The minimum absolute atomic E-state index is 0.607. The maximum absolute atomic E-state index is 5.73. The zero-order valence-corrected chi connectivity index (χ0v) is 12.3. The molecule has 2 heterocycles. The molecule has 0 atom stereocenters. The summed E-state index contributed by atoms with van der Waals surface area (Å²) >= 11 is 0. The van der Waals surface area contributed by atoms with E-state index in [0.29, 0.717) is 5.82 Å². The van der Waals surface area contributed by atoms with Crippen molar-refractivity contribution in [2.75, 3.05) is 31.9 Å². The lowest BCUT2D eigenvalue weighted by molar-refractivity contribution is 0.122. The van der Waals surface area contributed by atoms with Crippen LogP contribution in [0.1, 0.15) is 11.1 Å². The van der Waals surface area contributed by atoms with Crippen LogP contribution in [0.25, 0.3) is 0 Å². The fraction of sp³-hybridized carbons (Fsp3) is 0.353. The number of aromatic nitrogens is 1. The van der Waals surface area contributed by atoms with Crippen molar-refractivity contribution in [2.45, 2.75) is 13.1 Å². The van der Waals surface area contributed by atoms with Crippen LogP contribution in [0.5, 0.6) is 0 Å². The van der Waals surface area contributed by atoms with E-state index in [1.165, 1.54) is 11.1 Å². The molecule has 110 valence electrons. The van der Waals surface area contributed by atoms with Crippen molar-refractivity contribution in [1.29, 1.82) is 0 Å². The molecule has 0 bridgehead atoms. The lowest BCUT2D eigenvalue weighted by Crippen LogP contribution is -2.45. The summed E-state index contributed by atoms with van der Waals surface area (Å²) in [5.74, 6) is 0.607. The predicted molar refractivity (Wildman–Crippen MR) is 85.6 cm³/mol. The van der Waals surface area contributed by atoms with E-state index < -0.39 is 0 Å². The van der Waals surface area contributed by atoms with Gasteiger partial charge in [-0.1, -0.05) is 30.3 Å². The van der Waals surface area contributed by atoms with E-state index >= 15 is 0 Å². The van der Waals surface area contributed by atoms with E-state index in [0.717, 1.165) is 39.3 Å². The maximum atomic E-state index is 5.73. The molecule has 3 rings (SSSR count). The molecule has 1 fully saturated rings. The van der Waals surface area contributed by atoms with Gasteiger partial charge in [0.15, 0.2) is 0 Å². The average Bonchev–Trinajstić information content (AvgIpc) is 2.50. The summed E-state index contributed by atoms with van der Waals surface area (Å²) < 4.78 is 0. The zero-order chi connectivity index (χ0) is 14.5. The molecule has 0 spiro atoms. The van der Waals surface area contributed by atoms with Crippen LogP contribution in [-0.4, -0.2) is 41.0 Å². The highest BCUT2D eigenvalue weighted by Gasteiger charge is 2.17. The van der Waals surface area contributed by atoms with Crippen LogP contribution in [0, 0.1) is 0 Å². The van der Waals surface area contributed by atoms with Crippen molar-refractivity contribution in [3.8, 4) is 0 Å². The van der Waals surface area contributed by atoms with Gasteiger partial charge in [-0.15, -0.1) is 0 Å². The number of hydrogen-bond donors (Lipinski definition) is 1. The van der Waals surface area contributed by atoms with E-state index in [9.17, 15) is 0 Å². The van der Waals surface area contributed by atoms with Crippen LogP contribution in [0.15, 0.2) is 48.7 Å². The number of anilines is 1. The fourth-order valence-electron chi connectivity index (χ4n) is 2.80. The van der Waals surface area contributed by atoms with Crippen LogP contribution in [0.3, 0.4) is 0 Å². The second-order valence-electron chi connectivity index (χ2n) is 5.63. The van der Waals surface area contributed by atoms with E-state index in [-0.39, 0.29) is 0 Å². The summed E-state index contributed by atoms with van der Waals surface area (Å²) in [6.07, 6.45) is 1.79. The Bertz CT molecular complexity index is 562. The summed E-state index contributed by atoms with van der Waals surface area (Å²) in [4.78, 5) is 9.05.